The van der Waals surface area contributed by atoms with Crippen LogP contribution in [0.2, 0.25) is 0 Å². The molecule has 0 spiro atoms. The lowest BCUT2D eigenvalue weighted by molar-refractivity contribution is -0.141. The van der Waals surface area contributed by atoms with Crippen molar-refractivity contribution in [2.75, 3.05) is 5.73 Å². The third-order valence-electron chi connectivity index (χ3n) is 1.23. The minimum absolute atomic E-state index is 0. The summed E-state index contributed by atoms with van der Waals surface area (Å²) in [7, 11) is 0. The molecule has 1 aromatic heterocycles. The Morgan fingerprint density at radius 2 is 2.12 bits per heavy atom. The number of rotatable bonds is 3. The van der Waals surface area contributed by atoms with Gasteiger partial charge < -0.3 is 26.6 Å². The fourth-order valence-electron chi connectivity index (χ4n) is 0.702. The Bertz CT molecular complexity index is 429. The lowest BCUT2D eigenvalue weighted by Crippen LogP contribution is -2.16. The highest BCUT2D eigenvalue weighted by Crippen LogP contribution is 2.12. The lowest BCUT2D eigenvalue weighted by atomic mass is 10.3. The fourth-order valence-corrected chi connectivity index (χ4v) is 1.25. The van der Waals surface area contributed by atoms with Gasteiger partial charge in [0.25, 0.3) is 0 Å². The Labute approximate surface area is 99.1 Å². The van der Waals surface area contributed by atoms with Crippen LogP contribution in [0.3, 0.4) is 0 Å². The Morgan fingerprint density at radius 3 is 2.47 bits per heavy atom. The van der Waals surface area contributed by atoms with Crippen molar-refractivity contribution >= 4 is 34.1 Å². The van der Waals surface area contributed by atoms with Crippen molar-refractivity contribution in [3.63, 3.8) is 0 Å². The number of nitrogens with two attached hydrogens (primary N) is 1. The molecule has 0 bridgehead atoms. The van der Waals surface area contributed by atoms with E-state index in [-0.39, 0.29) is 21.8 Å². The van der Waals surface area contributed by atoms with Crippen molar-refractivity contribution in [1.29, 1.82) is 0 Å². The second-order valence-electron chi connectivity index (χ2n) is 2.40. The van der Waals surface area contributed by atoms with Crippen molar-refractivity contribution in [3.05, 3.63) is 11.1 Å². The second kappa shape index (κ2) is 7.27. The third-order valence-corrected chi connectivity index (χ3v) is 1.91. The quantitative estimate of drug-likeness (QED) is 0.378. The van der Waals surface area contributed by atoms with E-state index in [2.05, 4.69) is 15.0 Å². The summed E-state index contributed by atoms with van der Waals surface area (Å²) >= 11 is 1.07. The molecular weight excluding hydrogens is 254 g/mol. The van der Waals surface area contributed by atoms with Crippen LogP contribution in [0.1, 0.15) is 12.6 Å². The molecule has 0 aliphatic carbocycles. The Kier molecular flexibility index (Phi) is 7.42. The molecule has 7 N–H and O–H groups in total. The fraction of sp³-hybridized carbons (Fsp3) is 0.143. The summed E-state index contributed by atoms with van der Waals surface area (Å²) in [6.07, 6.45) is 0. The van der Waals surface area contributed by atoms with E-state index in [4.69, 9.17) is 10.8 Å². The molecule has 9 nitrogen and oxygen atoms in total. The summed E-state index contributed by atoms with van der Waals surface area (Å²) < 4.78 is 0. The molecule has 1 rings (SSSR count). The van der Waals surface area contributed by atoms with Gasteiger partial charge in [0.15, 0.2) is 5.13 Å². The van der Waals surface area contributed by atoms with Crippen LogP contribution < -0.4 is 5.73 Å². The maximum atomic E-state index is 10.7. The molecule has 0 aliphatic rings. The van der Waals surface area contributed by atoms with Crippen molar-refractivity contribution in [3.8, 4) is 0 Å². The molecule has 17 heavy (non-hydrogen) atoms. The number of nitrogens with zero attached hydrogens (tertiary/aromatic N) is 2. The topological polar surface area (TPSA) is 178 Å². The van der Waals surface area contributed by atoms with Crippen LogP contribution in [0.25, 0.3) is 0 Å². The summed E-state index contributed by atoms with van der Waals surface area (Å²) in [6, 6.07) is 0. The van der Waals surface area contributed by atoms with Crippen LogP contribution in [0, 0.1) is 0 Å². The van der Waals surface area contributed by atoms with Crippen molar-refractivity contribution in [1.82, 2.24) is 4.98 Å². The molecule has 1 aromatic rings. The van der Waals surface area contributed by atoms with Gasteiger partial charge in [-0.15, -0.1) is 11.3 Å². The number of aliphatic carboxylic acids is 1. The first kappa shape index (κ1) is 17.4. The Balaban J connectivity index is 0. The van der Waals surface area contributed by atoms with Crippen LogP contribution in [0.4, 0.5) is 5.13 Å². The molecule has 0 fully saturated rings. The first-order chi connectivity index (χ1) is 7.00. The van der Waals surface area contributed by atoms with Gasteiger partial charge in [0.2, 0.25) is 5.71 Å². The smallest absolute Gasteiger partial charge is 0.360 e. The summed E-state index contributed by atoms with van der Waals surface area (Å²) in [5, 5.41) is 13.5. The molecule has 0 amide bonds. The molecule has 0 saturated heterocycles. The van der Waals surface area contributed by atoms with Crippen LogP contribution in [0.5, 0.6) is 0 Å². The number of hydrogen-bond donors (Lipinski definition) is 2. The number of carboxylic acids is 1. The Morgan fingerprint density at radius 1 is 1.53 bits per heavy atom. The zero-order valence-electron chi connectivity index (χ0n) is 8.63. The van der Waals surface area contributed by atoms with E-state index in [1.165, 1.54) is 5.38 Å². The van der Waals surface area contributed by atoms with Gasteiger partial charge in [0, 0.05) is 12.3 Å². The van der Waals surface area contributed by atoms with Gasteiger partial charge in [-0.25, -0.2) is 14.6 Å². The van der Waals surface area contributed by atoms with E-state index in [1.807, 2.05) is 0 Å². The van der Waals surface area contributed by atoms with Crippen molar-refractivity contribution < 1.29 is 30.5 Å². The zero-order chi connectivity index (χ0) is 11.4. The average Bonchev–Trinajstić information content (AvgIpc) is 2.51. The lowest BCUT2D eigenvalue weighted by Gasteiger charge is -1.95. The number of carbonyl (C=O) groups is 2. The van der Waals surface area contributed by atoms with Crippen molar-refractivity contribution in [2.24, 2.45) is 5.16 Å². The first-order valence-electron chi connectivity index (χ1n) is 3.71. The maximum absolute atomic E-state index is 10.7. The van der Waals surface area contributed by atoms with Gasteiger partial charge in [-0.05, 0) is 0 Å². The van der Waals surface area contributed by atoms with E-state index in [0.717, 1.165) is 18.3 Å². The summed E-state index contributed by atoms with van der Waals surface area (Å²) in [4.78, 5) is 29.1. The first-order valence-corrected chi connectivity index (χ1v) is 4.59. The normalized spacial score (nSPS) is 9.82. The SMILES string of the molecule is CC(=O)ON=C(C(=O)O)c1csc(N)n1.O.O. The molecular formula is C7H11N3O6S. The Hall–Kier alpha value is -2.04. The zero-order valence-corrected chi connectivity index (χ0v) is 9.45. The highest BCUT2D eigenvalue weighted by Gasteiger charge is 2.17. The van der Waals surface area contributed by atoms with Crippen molar-refractivity contribution in [2.45, 2.75) is 6.92 Å². The molecule has 1 heterocycles. The summed E-state index contributed by atoms with van der Waals surface area (Å²) in [5.74, 6) is -2.06. The molecule has 96 valence electrons. The number of nitrogen functional groups attached to an aromatic ring is 1. The summed E-state index contributed by atoms with van der Waals surface area (Å²) in [6.45, 7) is 1.11. The predicted octanol–water partition coefficient (Wildman–Crippen LogP) is -1.57. The highest BCUT2D eigenvalue weighted by molar-refractivity contribution is 7.13. The van der Waals surface area contributed by atoms with E-state index in [9.17, 15) is 9.59 Å². The van der Waals surface area contributed by atoms with E-state index in [0.29, 0.717) is 0 Å². The third kappa shape index (κ3) is 5.01. The average molecular weight is 265 g/mol. The van der Waals surface area contributed by atoms with E-state index in [1.54, 1.807) is 0 Å². The number of oxime groups is 1. The standard InChI is InChI=1S/C7H7N3O4S.2H2O/c1-3(11)14-10-5(6(12)13)4-2-15-7(8)9-4;;/h2H,1H3,(H2,8,9)(H,12,13);2*1H2. The van der Waals surface area contributed by atoms with Gasteiger partial charge in [-0.2, -0.15) is 0 Å². The minimum atomic E-state index is -1.35. The van der Waals surface area contributed by atoms with Crippen LogP contribution in [-0.2, 0) is 14.4 Å². The minimum Gasteiger partial charge on any atom is -0.476 e. The molecule has 0 aliphatic heterocycles. The molecule has 0 saturated carbocycles. The van der Waals surface area contributed by atoms with Crippen LogP contribution >= 0.6 is 11.3 Å². The number of aromatic nitrogens is 1. The number of carbonyl (C=O) groups excluding carboxylic acids is 1. The number of hydrogen-bond acceptors (Lipinski definition) is 7. The van der Waals surface area contributed by atoms with Crippen LogP contribution in [0.15, 0.2) is 10.5 Å². The van der Waals surface area contributed by atoms with Gasteiger partial charge in [0.1, 0.15) is 5.69 Å². The van der Waals surface area contributed by atoms with E-state index < -0.39 is 17.7 Å². The van der Waals surface area contributed by atoms with Gasteiger partial charge in [0.05, 0.1) is 0 Å². The number of anilines is 1. The summed E-state index contributed by atoms with van der Waals surface area (Å²) in [5.41, 5.74) is 4.93. The molecule has 0 aromatic carbocycles. The molecule has 0 unspecified atom stereocenters. The number of thiazole rings is 1. The van der Waals surface area contributed by atoms with Gasteiger partial charge in [-0.3, -0.25) is 0 Å². The second-order valence-corrected chi connectivity index (χ2v) is 3.29. The molecule has 10 heteroatoms. The van der Waals surface area contributed by atoms with Gasteiger partial charge in [-0.1, -0.05) is 5.16 Å². The number of carboxylic acid groups (broad SMARTS) is 1. The van der Waals surface area contributed by atoms with Gasteiger partial charge >= 0.3 is 11.9 Å². The predicted molar refractivity (Wildman–Crippen MR) is 59.7 cm³/mol. The van der Waals surface area contributed by atoms with E-state index >= 15 is 0 Å². The molecule has 0 atom stereocenters. The largest absolute Gasteiger partial charge is 0.476 e. The monoisotopic (exact) mass is 265 g/mol. The maximum Gasteiger partial charge on any atom is 0.360 e. The highest BCUT2D eigenvalue weighted by atomic mass is 32.1. The van der Waals surface area contributed by atoms with Crippen LogP contribution in [-0.4, -0.2) is 38.7 Å². The molecule has 0 radical (unpaired) electrons.